The van der Waals surface area contributed by atoms with Crippen molar-refractivity contribution in [2.75, 3.05) is 19.6 Å². The van der Waals surface area contributed by atoms with E-state index in [1.807, 2.05) is 0 Å². The van der Waals surface area contributed by atoms with Crippen LogP contribution in [0.25, 0.3) is 0 Å². The zero-order valence-electron chi connectivity index (χ0n) is 16.2. The number of halogens is 2. The summed E-state index contributed by atoms with van der Waals surface area (Å²) in [7, 11) is -3.76. The first-order valence-electron chi connectivity index (χ1n) is 9.57. The van der Waals surface area contributed by atoms with Gasteiger partial charge in [0.25, 0.3) is 5.91 Å². The second-order valence-electron chi connectivity index (χ2n) is 7.34. The first kappa shape index (κ1) is 21.4. The number of piperidine rings is 1. The summed E-state index contributed by atoms with van der Waals surface area (Å²) in [6.07, 6.45) is 2.19. The van der Waals surface area contributed by atoms with Crippen molar-refractivity contribution in [3.63, 3.8) is 0 Å². The predicted molar refractivity (Wildman–Crippen MR) is 106 cm³/mol. The minimum Gasteiger partial charge on any atom is -0.339 e. The second-order valence-corrected chi connectivity index (χ2v) is 9.07. The van der Waals surface area contributed by atoms with E-state index in [1.54, 1.807) is 11.8 Å². The number of benzene rings is 2. The van der Waals surface area contributed by atoms with Crippen LogP contribution in [-0.4, -0.2) is 38.9 Å². The van der Waals surface area contributed by atoms with E-state index in [-0.39, 0.29) is 23.2 Å². The minimum atomic E-state index is -3.76. The number of likely N-dealkylation sites (tertiary alicyclic amines) is 1. The third-order valence-electron chi connectivity index (χ3n) is 5.28. The maximum atomic E-state index is 13.4. The van der Waals surface area contributed by atoms with Gasteiger partial charge in [-0.15, -0.1) is 0 Å². The lowest BCUT2D eigenvalue weighted by molar-refractivity contribution is 0.0687. The average Bonchev–Trinajstić information content (AvgIpc) is 2.70. The highest BCUT2D eigenvalue weighted by atomic mass is 32.2. The molecule has 2 aromatic rings. The molecule has 8 heteroatoms. The summed E-state index contributed by atoms with van der Waals surface area (Å²) in [6, 6.07) is 9.20. The number of hydrogen-bond acceptors (Lipinski definition) is 3. The highest BCUT2D eigenvalue weighted by Gasteiger charge is 2.24. The Balaban J connectivity index is 1.48. The maximum absolute atomic E-state index is 13.4. The van der Waals surface area contributed by atoms with Crippen LogP contribution in [-0.2, 0) is 10.0 Å². The molecule has 0 atom stereocenters. The number of sulfonamides is 1. The number of hydrogen-bond donors (Lipinski definition) is 1. The van der Waals surface area contributed by atoms with Gasteiger partial charge in [-0.05, 0) is 74.1 Å². The topological polar surface area (TPSA) is 66.5 Å². The van der Waals surface area contributed by atoms with Crippen LogP contribution in [0.15, 0.2) is 47.4 Å². The molecule has 0 aromatic heterocycles. The van der Waals surface area contributed by atoms with Gasteiger partial charge in [0, 0.05) is 25.2 Å². The molecule has 1 amide bonds. The Morgan fingerprint density at radius 2 is 1.69 bits per heavy atom. The van der Waals surface area contributed by atoms with Gasteiger partial charge < -0.3 is 4.90 Å². The summed E-state index contributed by atoms with van der Waals surface area (Å²) < 4.78 is 53.8. The molecule has 1 saturated heterocycles. The van der Waals surface area contributed by atoms with E-state index in [9.17, 15) is 22.0 Å². The van der Waals surface area contributed by atoms with Gasteiger partial charge in [-0.3, -0.25) is 4.79 Å². The van der Waals surface area contributed by atoms with Gasteiger partial charge in [0.1, 0.15) is 11.6 Å². The van der Waals surface area contributed by atoms with Crippen molar-refractivity contribution in [2.45, 2.75) is 31.1 Å². The Bertz CT molecular complexity index is 970. The highest BCUT2D eigenvalue weighted by Crippen LogP contribution is 2.22. The number of carbonyl (C=O) groups is 1. The lowest BCUT2D eigenvalue weighted by Crippen LogP contribution is -2.39. The third kappa shape index (κ3) is 5.39. The van der Waals surface area contributed by atoms with Gasteiger partial charge in [-0.2, -0.15) is 0 Å². The molecular formula is C21H24F2N2O3S. The van der Waals surface area contributed by atoms with Crippen LogP contribution in [0.5, 0.6) is 0 Å². The molecule has 1 N–H and O–H groups in total. The number of nitrogens with one attached hydrogen (secondary N) is 1. The van der Waals surface area contributed by atoms with Crippen molar-refractivity contribution < 1.29 is 22.0 Å². The summed E-state index contributed by atoms with van der Waals surface area (Å²) in [6.45, 7) is 3.05. The van der Waals surface area contributed by atoms with Gasteiger partial charge in [-0.1, -0.05) is 6.07 Å². The van der Waals surface area contributed by atoms with E-state index in [0.717, 1.165) is 18.9 Å². The van der Waals surface area contributed by atoms with Crippen LogP contribution in [0.3, 0.4) is 0 Å². The molecule has 1 aliphatic rings. The van der Waals surface area contributed by atoms with Crippen molar-refractivity contribution in [1.82, 2.24) is 9.62 Å². The summed E-state index contributed by atoms with van der Waals surface area (Å²) >= 11 is 0. The zero-order valence-corrected chi connectivity index (χ0v) is 17.0. The normalized spacial score (nSPS) is 15.5. The Labute approximate surface area is 169 Å². The molecule has 29 heavy (non-hydrogen) atoms. The van der Waals surface area contributed by atoms with Crippen LogP contribution < -0.4 is 4.72 Å². The monoisotopic (exact) mass is 422 g/mol. The van der Waals surface area contributed by atoms with E-state index < -0.39 is 15.8 Å². The molecule has 0 radical (unpaired) electrons. The molecule has 0 saturated carbocycles. The van der Waals surface area contributed by atoms with Crippen LogP contribution in [0.1, 0.15) is 35.2 Å². The Morgan fingerprint density at radius 1 is 1.07 bits per heavy atom. The number of carbonyl (C=O) groups excluding carboxylic acids is 1. The summed E-state index contributed by atoms with van der Waals surface area (Å²) in [5.41, 5.74) is 0.953. The molecule has 0 spiro atoms. The molecule has 1 aliphatic heterocycles. The van der Waals surface area contributed by atoms with Crippen molar-refractivity contribution in [2.24, 2.45) is 5.92 Å². The fourth-order valence-electron chi connectivity index (χ4n) is 3.54. The lowest BCUT2D eigenvalue weighted by atomic mass is 9.93. The Hall–Kier alpha value is -2.32. The molecule has 1 fully saturated rings. The standard InChI is InChI=1S/C21H24F2N2O3S/c1-15-2-5-19(23)14-20(15)29(27,28)24-11-8-16-9-12-25(13-10-16)21(26)17-3-6-18(22)7-4-17/h2-7,14,16,24H,8-13H2,1H3. The molecule has 0 bridgehead atoms. The van der Waals surface area contributed by atoms with Crippen LogP contribution >= 0.6 is 0 Å². The molecule has 3 rings (SSSR count). The zero-order chi connectivity index (χ0) is 21.0. The second kappa shape index (κ2) is 9.00. The predicted octanol–water partition coefficient (Wildman–Crippen LogP) is 3.49. The first-order chi connectivity index (χ1) is 13.8. The molecule has 0 unspecified atom stereocenters. The molecule has 2 aromatic carbocycles. The summed E-state index contributed by atoms with van der Waals surface area (Å²) in [4.78, 5) is 14.2. The molecule has 5 nitrogen and oxygen atoms in total. The molecule has 1 heterocycles. The summed E-state index contributed by atoms with van der Waals surface area (Å²) in [5.74, 6) is -0.792. The van der Waals surface area contributed by atoms with Crippen molar-refractivity contribution in [3.8, 4) is 0 Å². The molecule has 156 valence electrons. The average molecular weight is 422 g/mol. The summed E-state index contributed by atoms with van der Waals surface area (Å²) in [5, 5.41) is 0. The van der Waals surface area contributed by atoms with E-state index >= 15 is 0 Å². The van der Waals surface area contributed by atoms with Gasteiger partial charge in [0.15, 0.2) is 0 Å². The van der Waals surface area contributed by atoms with Gasteiger partial charge in [0.2, 0.25) is 10.0 Å². The van der Waals surface area contributed by atoms with E-state index in [0.29, 0.717) is 36.6 Å². The number of nitrogens with zero attached hydrogens (tertiary/aromatic N) is 1. The largest absolute Gasteiger partial charge is 0.339 e. The van der Waals surface area contributed by atoms with Gasteiger partial charge in [0.05, 0.1) is 4.90 Å². The maximum Gasteiger partial charge on any atom is 0.253 e. The van der Waals surface area contributed by atoms with Crippen LogP contribution in [0, 0.1) is 24.5 Å². The van der Waals surface area contributed by atoms with E-state index in [4.69, 9.17) is 0 Å². The molecule has 0 aliphatic carbocycles. The number of amides is 1. The molecular weight excluding hydrogens is 398 g/mol. The fourth-order valence-corrected chi connectivity index (χ4v) is 4.84. The van der Waals surface area contributed by atoms with Crippen LogP contribution in [0.2, 0.25) is 0 Å². The SMILES string of the molecule is Cc1ccc(F)cc1S(=O)(=O)NCCC1CCN(C(=O)c2ccc(F)cc2)CC1. The highest BCUT2D eigenvalue weighted by molar-refractivity contribution is 7.89. The van der Waals surface area contributed by atoms with Crippen molar-refractivity contribution in [3.05, 3.63) is 65.2 Å². The van der Waals surface area contributed by atoms with Crippen LogP contribution in [0.4, 0.5) is 8.78 Å². The Kier molecular flexibility index (Phi) is 6.64. The smallest absolute Gasteiger partial charge is 0.253 e. The quantitative estimate of drug-likeness (QED) is 0.775. The van der Waals surface area contributed by atoms with E-state index in [1.165, 1.54) is 36.4 Å². The minimum absolute atomic E-state index is 0.0442. The number of rotatable bonds is 6. The third-order valence-corrected chi connectivity index (χ3v) is 6.88. The van der Waals surface area contributed by atoms with Gasteiger partial charge >= 0.3 is 0 Å². The first-order valence-corrected chi connectivity index (χ1v) is 11.1. The fraction of sp³-hybridized carbons (Fsp3) is 0.381. The number of aryl methyl sites for hydroxylation is 1. The van der Waals surface area contributed by atoms with E-state index in [2.05, 4.69) is 4.72 Å². The van der Waals surface area contributed by atoms with Gasteiger partial charge in [-0.25, -0.2) is 21.9 Å². The lowest BCUT2D eigenvalue weighted by Gasteiger charge is -2.32. The Morgan fingerprint density at radius 3 is 2.34 bits per heavy atom. The van der Waals surface area contributed by atoms with Crippen molar-refractivity contribution >= 4 is 15.9 Å². The van der Waals surface area contributed by atoms with Crippen molar-refractivity contribution in [1.29, 1.82) is 0 Å².